The minimum Gasteiger partial charge on any atom is -0.377 e. The molecule has 0 aliphatic carbocycles. The van der Waals surface area contributed by atoms with Crippen LogP contribution in [0, 0.1) is 0 Å². The average Bonchev–Trinajstić information content (AvgIpc) is 2.82. The van der Waals surface area contributed by atoms with Gasteiger partial charge in [-0.05, 0) is 31.0 Å². The van der Waals surface area contributed by atoms with Crippen LogP contribution in [0.1, 0.15) is 32.8 Å². The molecule has 1 aliphatic heterocycles. The van der Waals surface area contributed by atoms with E-state index in [-0.39, 0.29) is 12.1 Å². The summed E-state index contributed by atoms with van der Waals surface area (Å²) in [6, 6.07) is 7.26. The van der Waals surface area contributed by atoms with E-state index < -0.39 is 10.0 Å². The molecule has 2 atom stereocenters. The van der Waals surface area contributed by atoms with Crippen molar-refractivity contribution in [3.8, 4) is 0 Å². The molecule has 5 nitrogen and oxygen atoms in total. The summed E-state index contributed by atoms with van der Waals surface area (Å²) in [5.74, 6) is 0. The van der Waals surface area contributed by atoms with E-state index in [2.05, 4.69) is 23.9 Å². The number of benzene rings is 1. The monoisotopic (exact) mass is 312 g/mol. The van der Waals surface area contributed by atoms with E-state index in [1.54, 1.807) is 12.1 Å². The van der Waals surface area contributed by atoms with Crippen LogP contribution in [0.4, 0.5) is 0 Å². The Morgan fingerprint density at radius 3 is 2.48 bits per heavy atom. The quantitative estimate of drug-likeness (QED) is 0.838. The van der Waals surface area contributed by atoms with Crippen molar-refractivity contribution in [3.05, 3.63) is 29.8 Å². The van der Waals surface area contributed by atoms with Crippen LogP contribution in [0.15, 0.2) is 29.2 Å². The summed E-state index contributed by atoms with van der Waals surface area (Å²) in [5, 5.41) is 3.30. The van der Waals surface area contributed by atoms with Crippen LogP contribution < -0.4 is 10.0 Å². The Hall–Kier alpha value is -0.950. The minimum absolute atomic E-state index is 0.0747. The second kappa shape index (κ2) is 6.87. The van der Waals surface area contributed by atoms with Gasteiger partial charge < -0.3 is 10.1 Å². The van der Waals surface area contributed by atoms with Gasteiger partial charge in [0.25, 0.3) is 0 Å². The third kappa shape index (κ3) is 4.51. The highest BCUT2D eigenvalue weighted by molar-refractivity contribution is 7.89. The maximum absolute atomic E-state index is 12.3. The molecule has 0 radical (unpaired) electrons. The standard InChI is InChI=1S/C15H24N2O3S/c1-11(2)16-10-13-4-6-14(7-5-13)21(18,19)17-15-8-9-20-12(15)3/h4-7,11-12,15-17H,8-10H2,1-3H3. The van der Waals surface area contributed by atoms with Gasteiger partial charge in [0.2, 0.25) is 10.0 Å². The van der Waals surface area contributed by atoms with Crippen molar-refractivity contribution in [1.82, 2.24) is 10.0 Å². The molecule has 2 rings (SSSR count). The lowest BCUT2D eigenvalue weighted by molar-refractivity contribution is 0.117. The number of rotatable bonds is 6. The van der Waals surface area contributed by atoms with Gasteiger partial charge in [-0.2, -0.15) is 0 Å². The summed E-state index contributed by atoms with van der Waals surface area (Å²) < 4.78 is 32.8. The van der Waals surface area contributed by atoms with E-state index >= 15 is 0 Å². The third-order valence-corrected chi connectivity index (χ3v) is 5.14. The van der Waals surface area contributed by atoms with E-state index in [1.165, 1.54) is 0 Å². The second-order valence-electron chi connectivity index (χ2n) is 5.77. The van der Waals surface area contributed by atoms with Crippen LogP contribution in [0.25, 0.3) is 0 Å². The Morgan fingerprint density at radius 1 is 1.29 bits per heavy atom. The van der Waals surface area contributed by atoms with Crippen LogP contribution in [0.5, 0.6) is 0 Å². The molecule has 0 amide bonds. The van der Waals surface area contributed by atoms with Gasteiger partial charge >= 0.3 is 0 Å². The molecule has 21 heavy (non-hydrogen) atoms. The number of hydrogen-bond acceptors (Lipinski definition) is 4. The summed E-state index contributed by atoms with van der Waals surface area (Å²) >= 11 is 0. The average molecular weight is 312 g/mol. The topological polar surface area (TPSA) is 67.4 Å². The molecule has 0 bridgehead atoms. The lowest BCUT2D eigenvalue weighted by Gasteiger charge is -2.16. The predicted octanol–water partition coefficient (Wildman–Crippen LogP) is 1.64. The first-order chi connectivity index (χ1) is 9.88. The molecule has 1 heterocycles. The molecule has 2 unspecified atom stereocenters. The molecule has 0 spiro atoms. The van der Waals surface area contributed by atoms with Crippen molar-refractivity contribution >= 4 is 10.0 Å². The molecule has 1 saturated heterocycles. The number of ether oxygens (including phenoxy) is 1. The highest BCUT2D eigenvalue weighted by Gasteiger charge is 2.29. The molecule has 118 valence electrons. The smallest absolute Gasteiger partial charge is 0.240 e. The van der Waals surface area contributed by atoms with Crippen molar-refractivity contribution in [2.75, 3.05) is 6.61 Å². The van der Waals surface area contributed by atoms with Gasteiger partial charge in [-0.25, -0.2) is 13.1 Å². The SMILES string of the molecule is CC(C)NCc1ccc(S(=O)(=O)NC2CCOC2C)cc1. The van der Waals surface area contributed by atoms with Gasteiger partial charge in [0, 0.05) is 19.2 Å². The zero-order valence-electron chi connectivity index (χ0n) is 12.8. The summed E-state index contributed by atoms with van der Waals surface area (Å²) in [6.45, 7) is 7.38. The first-order valence-electron chi connectivity index (χ1n) is 7.35. The molecule has 1 aliphatic rings. The molecule has 1 fully saturated rings. The summed E-state index contributed by atoms with van der Waals surface area (Å²) in [6.07, 6.45) is 0.644. The lowest BCUT2D eigenvalue weighted by atomic mass is 10.2. The van der Waals surface area contributed by atoms with Crippen LogP contribution in [0.3, 0.4) is 0 Å². The maximum Gasteiger partial charge on any atom is 0.240 e. The van der Waals surface area contributed by atoms with Crippen molar-refractivity contribution in [3.63, 3.8) is 0 Å². The molecule has 0 aromatic heterocycles. The van der Waals surface area contributed by atoms with Crippen LogP contribution in [-0.2, 0) is 21.3 Å². The second-order valence-corrected chi connectivity index (χ2v) is 7.49. The van der Waals surface area contributed by atoms with Gasteiger partial charge in [0.05, 0.1) is 17.0 Å². The normalized spacial score (nSPS) is 22.9. The summed E-state index contributed by atoms with van der Waals surface area (Å²) in [5.41, 5.74) is 1.07. The minimum atomic E-state index is -3.48. The van der Waals surface area contributed by atoms with Crippen molar-refractivity contribution in [2.45, 2.75) is 56.8 Å². The molecule has 2 N–H and O–H groups in total. The summed E-state index contributed by atoms with van der Waals surface area (Å²) in [4.78, 5) is 0.301. The fourth-order valence-corrected chi connectivity index (χ4v) is 3.60. The first-order valence-corrected chi connectivity index (χ1v) is 8.83. The molecule has 1 aromatic carbocycles. The third-order valence-electron chi connectivity index (χ3n) is 3.63. The van der Waals surface area contributed by atoms with Crippen LogP contribution in [-0.4, -0.2) is 33.2 Å². The predicted molar refractivity (Wildman–Crippen MR) is 82.6 cm³/mol. The number of hydrogen-bond donors (Lipinski definition) is 2. The lowest BCUT2D eigenvalue weighted by Crippen LogP contribution is -2.39. The summed E-state index contributed by atoms with van der Waals surface area (Å²) in [7, 11) is -3.48. The van der Waals surface area contributed by atoms with Crippen molar-refractivity contribution < 1.29 is 13.2 Å². The Balaban J connectivity index is 2.03. The van der Waals surface area contributed by atoms with E-state index in [9.17, 15) is 8.42 Å². The number of nitrogens with one attached hydrogen (secondary N) is 2. The molecular weight excluding hydrogens is 288 g/mol. The van der Waals surface area contributed by atoms with Gasteiger partial charge in [-0.3, -0.25) is 0 Å². The van der Waals surface area contributed by atoms with Crippen molar-refractivity contribution in [2.24, 2.45) is 0 Å². The van der Waals surface area contributed by atoms with Gasteiger partial charge in [-0.15, -0.1) is 0 Å². The fourth-order valence-electron chi connectivity index (χ4n) is 2.26. The maximum atomic E-state index is 12.3. The van der Waals surface area contributed by atoms with Crippen molar-refractivity contribution in [1.29, 1.82) is 0 Å². The van der Waals surface area contributed by atoms with Gasteiger partial charge in [0.1, 0.15) is 0 Å². The Kier molecular flexibility index (Phi) is 5.37. The van der Waals surface area contributed by atoms with Crippen LogP contribution in [0.2, 0.25) is 0 Å². The Morgan fingerprint density at radius 2 is 1.95 bits per heavy atom. The van der Waals surface area contributed by atoms with E-state index in [0.29, 0.717) is 17.5 Å². The number of sulfonamides is 1. The van der Waals surface area contributed by atoms with Gasteiger partial charge in [-0.1, -0.05) is 26.0 Å². The highest BCUT2D eigenvalue weighted by atomic mass is 32.2. The zero-order chi connectivity index (χ0) is 15.5. The Bertz CT molecular complexity index is 555. The molecule has 0 saturated carbocycles. The first kappa shape index (κ1) is 16.4. The zero-order valence-corrected chi connectivity index (χ0v) is 13.6. The molecule has 6 heteroatoms. The van der Waals surface area contributed by atoms with Gasteiger partial charge in [0.15, 0.2) is 0 Å². The molecular formula is C15H24N2O3S. The molecule has 1 aromatic rings. The fraction of sp³-hybridized carbons (Fsp3) is 0.600. The van der Waals surface area contributed by atoms with Crippen LogP contribution >= 0.6 is 0 Å². The van der Waals surface area contributed by atoms with E-state index in [0.717, 1.165) is 18.5 Å². The van der Waals surface area contributed by atoms with E-state index in [1.807, 2.05) is 19.1 Å². The highest BCUT2D eigenvalue weighted by Crippen LogP contribution is 2.17. The van der Waals surface area contributed by atoms with E-state index in [4.69, 9.17) is 4.74 Å². The largest absolute Gasteiger partial charge is 0.377 e. The Labute approximate surface area is 127 Å².